The number of nitrogens with two attached hydrogens (primary N) is 1. The fourth-order valence-corrected chi connectivity index (χ4v) is 3.42. The van der Waals surface area contributed by atoms with Gasteiger partial charge in [-0.2, -0.15) is 9.63 Å². The summed E-state index contributed by atoms with van der Waals surface area (Å²) in [6, 6.07) is 7.27. The van der Waals surface area contributed by atoms with Crippen molar-refractivity contribution in [2.45, 2.75) is 18.2 Å². The van der Waals surface area contributed by atoms with Crippen LogP contribution >= 0.6 is 11.3 Å². The molecule has 2 aromatic heterocycles. The summed E-state index contributed by atoms with van der Waals surface area (Å²) in [5.74, 6) is 0. The molecule has 11 heteroatoms. The molecule has 0 amide bonds. The van der Waals surface area contributed by atoms with Crippen molar-refractivity contribution in [3.63, 3.8) is 0 Å². The molecule has 0 aliphatic rings. The van der Waals surface area contributed by atoms with E-state index in [1.165, 1.54) is 0 Å². The zero-order valence-electron chi connectivity index (χ0n) is 12.7. The third-order valence-corrected chi connectivity index (χ3v) is 5.30. The second-order valence-electron chi connectivity index (χ2n) is 4.99. The fourth-order valence-electron chi connectivity index (χ4n) is 1.87. The van der Waals surface area contributed by atoms with Crippen molar-refractivity contribution in [3.8, 4) is 0 Å². The van der Waals surface area contributed by atoms with E-state index in [1.807, 2.05) is 19.1 Å². The van der Waals surface area contributed by atoms with Crippen molar-refractivity contribution in [3.05, 3.63) is 45.9 Å². The van der Waals surface area contributed by atoms with E-state index in [4.69, 9.17) is 5.14 Å². The molecule has 0 radical (unpaired) electrons. The van der Waals surface area contributed by atoms with Gasteiger partial charge in [-0.3, -0.25) is 4.79 Å². The first-order valence-corrected chi connectivity index (χ1v) is 9.03. The third kappa shape index (κ3) is 3.09. The first-order chi connectivity index (χ1) is 11.3. The molecule has 3 rings (SSSR count). The van der Waals surface area contributed by atoms with Gasteiger partial charge in [0.15, 0.2) is 5.69 Å². The Labute approximate surface area is 140 Å². The number of sulfonamides is 1. The number of primary sulfonamides is 1. The Morgan fingerprint density at radius 2 is 1.83 bits per heavy atom. The Bertz CT molecular complexity index is 1110. The summed E-state index contributed by atoms with van der Waals surface area (Å²) < 4.78 is 23.2. The third-order valence-electron chi connectivity index (χ3n) is 3.09. The number of hydrogen-bond acceptors (Lipinski definition) is 8. The van der Waals surface area contributed by atoms with Crippen LogP contribution in [0.3, 0.4) is 0 Å². The molecule has 2 N–H and O–H groups in total. The van der Waals surface area contributed by atoms with Gasteiger partial charge in [0.2, 0.25) is 9.30 Å². The van der Waals surface area contributed by atoms with E-state index in [0.717, 1.165) is 10.1 Å². The summed E-state index contributed by atoms with van der Waals surface area (Å²) >= 11 is 0.713. The Morgan fingerprint density at radius 3 is 2.46 bits per heavy atom. The van der Waals surface area contributed by atoms with Gasteiger partial charge in [-0.25, -0.2) is 18.5 Å². The van der Waals surface area contributed by atoms with Crippen molar-refractivity contribution in [1.82, 2.24) is 14.6 Å². The molecule has 2 heterocycles. The minimum atomic E-state index is -4.01. The number of benzene rings is 1. The smallest absolute Gasteiger partial charge is 0.265 e. The summed E-state index contributed by atoms with van der Waals surface area (Å²) in [5, 5.41) is 16.7. The van der Waals surface area contributed by atoms with Crippen molar-refractivity contribution >= 4 is 37.7 Å². The first kappa shape index (κ1) is 16.4. The quantitative estimate of drug-likeness (QED) is 0.708. The summed E-state index contributed by atoms with van der Waals surface area (Å²) in [4.78, 5) is 16.7. The Morgan fingerprint density at radius 1 is 1.17 bits per heavy atom. The van der Waals surface area contributed by atoms with E-state index in [2.05, 4.69) is 20.3 Å². The maximum absolute atomic E-state index is 12.4. The van der Waals surface area contributed by atoms with Gasteiger partial charge in [0, 0.05) is 0 Å². The van der Waals surface area contributed by atoms with Gasteiger partial charge >= 0.3 is 5.56 Å². The molecule has 0 aliphatic carbocycles. The molecule has 0 unspecified atom stereocenters. The molecule has 24 heavy (non-hydrogen) atoms. The molecule has 0 aliphatic heterocycles. The van der Waals surface area contributed by atoms with Crippen LogP contribution in [0.2, 0.25) is 0 Å². The number of aryl methyl sites for hydroxylation is 2. The van der Waals surface area contributed by atoms with Crippen LogP contribution in [0.1, 0.15) is 11.3 Å². The Hall–Kier alpha value is -2.50. The normalized spacial score (nSPS) is 12.3. The van der Waals surface area contributed by atoms with E-state index in [1.54, 1.807) is 19.1 Å². The number of azo groups is 1. The van der Waals surface area contributed by atoms with E-state index < -0.39 is 15.6 Å². The lowest BCUT2D eigenvalue weighted by Crippen LogP contribution is -2.17. The number of hydrogen-bond donors (Lipinski definition) is 1. The number of nitrogens with zero attached hydrogens (tertiary/aromatic N) is 5. The van der Waals surface area contributed by atoms with Crippen LogP contribution in [0.5, 0.6) is 0 Å². The zero-order chi connectivity index (χ0) is 17.5. The molecular formula is C13H12N6O3S2. The lowest BCUT2D eigenvalue weighted by Gasteiger charge is -1.98. The highest BCUT2D eigenvalue weighted by atomic mass is 32.2. The van der Waals surface area contributed by atoms with Crippen LogP contribution in [0.25, 0.3) is 4.96 Å². The van der Waals surface area contributed by atoms with Gasteiger partial charge in [0.05, 0.1) is 11.4 Å². The number of rotatable bonds is 3. The summed E-state index contributed by atoms with van der Waals surface area (Å²) in [7, 11) is -4.01. The van der Waals surface area contributed by atoms with E-state index in [-0.39, 0.29) is 15.0 Å². The van der Waals surface area contributed by atoms with Gasteiger partial charge in [0.1, 0.15) is 0 Å². The zero-order valence-corrected chi connectivity index (χ0v) is 14.3. The highest BCUT2D eigenvalue weighted by Crippen LogP contribution is 2.21. The number of fused-ring (bicyclic) bond motifs is 1. The van der Waals surface area contributed by atoms with Crippen LogP contribution in [-0.4, -0.2) is 23.0 Å². The van der Waals surface area contributed by atoms with Crippen LogP contribution < -0.4 is 10.7 Å². The largest absolute Gasteiger partial charge is 0.303 e. The first-order valence-electron chi connectivity index (χ1n) is 6.67. The van der Waals surface area contributed by atoms with Crippen LogP contribution in [0.4, 0.5) is 11.4 Å². The summed E-state index contributed by atoms with van der Waals surface area (Å²) in [5.41, 5.74) is 1.35. The highest BCUT2D eigenvalue weighted by Gasteiger charge is 2.19. The molecule has 0 atom stereocenters. The molecule has 124 valence electrons. The maximum Gasteiger partial charge on any atom is 0.303 e. The lowest BCUT2D eigenvalue weighted by molar-refractivity contribution is 0.594. The van der Waals surface area contributed by atoms with E-state index >= 15 is 0 Å². The average molecular weight is 364 g/mol. The van der Waals surface area contributed by atoms with Gasteiger partial charge in [-0.1, -0.05) is 29.0 Å². The van der Waals surface area contributed by atoms with Crippen LogP contribution in [0, 0.1) is 13.8 Å². The predicted molar refractivity (Wildman–Crippen MR) is 88.6 cm³/mol. The van der Waals surface area contributed by atoms with Crippen LogP contribution in [-0.2, 0) is 10.0 Å². The molecule has 0 saturated carbocycles. The van der Waals surface area contributed by atoms with Gasteiger partial charge in [0.25, 0.3) is 10.0 Å². The van der Waals surface area contributed by atoms with Crippen molar-refractivity contribution in [2.24, 2.45) is 15.4 Å². The molecule has 0 saturated heterocycles. The molecule has 3 aromatic rings. The standard InChI is InChI=1S/C13H12N6O3S2/c1-7-3-5-9(6-4-7)16-17-10-8(2)15-12-19(11(10)20)18-13(23-12)24(14,21)22/h3-6H,1-2H3,(H2,14,21,22). The summed E-state index contributed by atoms with van der Waals surface area (Å²) in [6.07, 6.45) is 0. The molecular weight excluding hydrogens is 352 g/mol. The molecule has 1 aromatic carbocycles. The second-order valence-corrected chi connectivity index (χ2v) is 7.68. The van der Waals surface area contributed by atoms with E-state index in [9.17, 15) is 13.2 Å². The second kappa shape index (κ2) is 5.85. The maximum atomic E-state index is 12.4. The minimum Gasteiger partial charge on any atom is -0.265 e. The number of aromatic nitrogens is 3. The van der Waals surface area contributed by atoms with E-state index in [0.29, 0.717) is 22.7 Å². The molecule has 0 spiro atoms. The van der Waals surface area contributed by atoms with Crippen molar-refractivity contribution < 1.29 is 8.42 Å². The Balaban J connectivity index is 2.11. The fraction of sp³-hybridized carbons (Fsp3) is 0.154. The van der Waals surface area contributed by atoms with Crippen LogP contribution in [0.15, 0.2) is 43.6 Å². The Kier molecular flexibility index (Phi) is 3.99. The van der Waals surface area contributed by atoms with Gasteiger partial charge in [-0.05, 0) is 26.0 Å². The minimum absolute atomic E-state index is 0.0145. The highest BCUT2D eigenvalue weighted by molar-refractivity contribution is 7.91. The SMILES string of the molecule is Cc1ccc(N=Nc2c(C)nc3sc(S(N)(=O)=O)nn3c2=O)cc1. The predicted octanol–water partition coefficient (Wildman–Crippen LogP) is 1.83. The molecule has 0 bridgehead atoms. The van der Waals surface area contributed by atoms with Crippen molar-refractivity contribution in [2.75, 3.05) is 0 Å². The molecule has 9 nitrogen and oxygen atoms in total. The van der Waals surface area contributed by atoms with Crippen molar-refractivity contribution in [1.29, 1.82) is 0 Å². The molecule has 0 fully saturated rings. The topological polar surface area (TPSA) is 132 Å². The summed E-state index contributed by atoms with van der Waals surface area (Å²) in [6.45, 7) is 3.53. The monoisotopic (exact) mass is 364 g/mol. The van der Waals surface area contributed by atoms with Gasteiger partial charge < -0.3 is 0 Å². The average Bonchev–Trinajstić information content (AvgIpc) is 2.93. The lowest BCUT2D eigenvalue weighted by atomic mass is 10.2. The van der Waals surface area contributed by atoms with Gasteiger partial charge in [-0.15, -0.1) is 10.2 Å².